The van der Waals surface area contributed by atoms with Crippen LogP contribution in [-0.4, -0.2) is 27.1 Å². The molecule has 5 heteroatoms. The van der Waals surface area contributed by atoms with Gasteiger partial charge in [-0.05, 0) is 49.9 Å². The molecule has 1 aromatic carbocycles. The molecule has 2 fully saturated rings. The van der Waals surface area contributed by atoms with Crippen molar-refractivity contribution in [3.05, 3.63) is 29.8 Å². The van der Waals surface area contributed by atoms with Crippen molar-refractivity contribution < 1.29 is 13.7 Å². The van der Waals surface area contributed by atoms with Crippen LogP contribution in [0.15, 0.2) is 24.3 Å². The third-order valence-electron chi connectivity index (χ3n) is 4.55. The Labute approximate surface area is 132 Å². The number of Topliss-reactive ketones (excluding diaryl/α,β-unsaturated/α-hetero) is 1. The molecule has 0 aromatic heterocycles. The van der Waals surface area contributed by atoms with E-state index in [1.165, 1.54) is 0 Å². The molecule has 1 aromatic rings. The molecule has 0 N–H and O–H groups in total. The van der Waals surface area contributed by atoms with Gasteiger partial charge in [-0.15, -0.1) is 0 Å². The third kappa shape index (κ3) is 3.07. The van der Waals surface area contributed by atoms with Crippen LogP contribution in [0.1, 0.15) is 42.5 Å². The highest BCUT2D eigenvalue weighted by Crippen LogP contribution is 2.39. The molecule has 2 aliphatic rings. The molecule has 2 bridgehead atoms. The van der Waals surface area contributed by atoms with E-state index in [4.69, 9.17) is 10.00 Å². The van der Waals surface area contributed by atoms with E-state index in [0.717, 1.165) is 25.7 Å². The Balaban J connectivity index is 1.63. The molecule has 22 heavy (non-hydrogen) atoms. The van der Waals surface area contributed by atoms with E-state index in [0.29, 0.717) is 24.3 Å². The highest BCUT2D eigenvalue weighted by atomic mass is 32.2. The Bertz CT molecular complexity index is 604. The van der Waals surface area contributed by atoms with E-state index in [1.54, 1.807) is 24.3 Å². The summed E-state index contributed by atoms with van der Waals surface area (Å²) in [6.45, 7) is 0.363. The number of fused-ring (bicyclic) bond motifs is 2. The number of carbonyl (C=O) groups is 1. The second kappa shape index (κ2) is 6.62. The Kier molecular flexibility index (Phi) is 4.58. The summed E-state index contributed by atoms with van der Waals surface area (Å²) in [5, 5.41) is 8.92. The van der Waals surface area contributed by atoms with Crippen molar-refractivity contribution in [2.45, 2.75) is 42.6 Å². The monoisotopic (exact) mass is 317 g/mol. The van der Waals surface area contributed by atoms with Gasteiger partial charge in [-0.2, -0.15) is 5.26 Å². The molecule has 0 aliphatic carbocycles. The SMILES string of the molecule is N#CCCOc1ccc(C(=O)C2CC3CCC(C2)S3=O)cc1. The Morgan fingerprint density at radius 1 is 1.23 bits per heavy atom. The minimum Gasteiger partial charge on any atom is -0.493 e. The van der Waals surface area contributed by atoms with Gasteiger partial charge in [0, 0.05) is 32.8 Å². The molecule has 2 unspecified atom stereocenters. The van der Waals surface area contributed by atoms with Gasteiger partial charge in [0.25, 0.3) is 0 Å². The number of benzene rings is 1. The minimum atomic E-state index is -0.719. The molecule has 0 saturated carbocycles. The third-order valence-corrected chi connectivity index (χ3v) is 6.73. The predicted octanol–water partition coefficient (Wildman–Crippen LogP) is 2.85. The van der Waals surface area contributed by atoms with E-state index in [9.17, 15) is 9.00 Å². The molecule has 0 spiro atoms. The second-order valence-corrected chi connectivity index (χ2v) is 7.95. The van der Waals surface area contributed by atoms with Gasteiger partial charge in [-0.3, -0.25) is 9.00 Å². The molecular weight excluding hydrogens is 298 g/mol. The Morgan fingerprint density at radius 2 is 1.86 bits per heavy atom. The molecule has 116 valence electrons. The topological polar surface area (TPSA) is 67.2 Å². The van der Waals surface area contributed by atoms with Crippen LogP contribution >= 0.6 is 0 Å². The van der Waals surface area contributed by atoms with Crippen LogP contribution in [0, 0.1) is 17.2 Å². The lowest BCUT2D eigenvalue weighted by Gasteiger charge is -2.26. The number of ketones is 1. The molecule has 4 nitrogen and oxygen atoms in total. The average Bonchev–Trinajstić information content (AvgIpc) is 2.76. The number of hydrogen-bond donors (Lipinski definition) is 0. The lowest BCUT2D eigenvalue weighted by molar-refractivity contribution is 0.0906. The van der Waals surface area contributed by atoms with Crippen LogP contribution in [-0.2, 0) is 10.8 Å². The van der Waals surface area contributed by atoms with E-state index < -0.39 is 10.8 Å². The van der Waals surface area contributed by atoms with Gasteiger partial charge in [0.05, 0.1) is 12.5 Å². The van der Waals surface area contributed by atoms with Crippen LogP contribution in [0.25, 0.3) is 0 Å². The van der Waals surface area contributed by atoms with E-state index in [2.05, 4.69) is 0 Å². The Hall–Kier alpha value is -1.67. The number of nitriles is 1. The van der Waals surface area contributed by atoms with Gasteiger partial charge >= 0.3 is 0 Å². The summed E-state index contributed by atoms with van der Waals surface area (Å²) in [4.78, 5) is 12.6. The molecular formula is C17H19NO3S. The summed E-state index contributed by atoms with van der Waals surface area (Å²) in [7, 11) is -0.719. The fourth-order valence-electron chi connectivity index (χ4n) is 3.41. The molecule has 0 amide bonds. The van der Waals surface area contributed by atoms with E-state index in [-0.39, 0.29) is 22.2 Å². The quantitative estimate of drug-likeness (QED) is 0.618. The number of rotatable bonds is 5. The number of nitrogens with zero attached hydrogens (tertiary/aromatic N) is 1. The molecule has 2 atom stereocenters. The van der Waals surface area contributed by atoms with Crippen LogP contribution < -0.4 is 4.74 Å². The summed E-state index contributed by atoms with van der Waals surface area (Å²) in [5.41, 5.74) is 0.699. The molecule has 2 aliphatic heterocycles. The standard InChI is InChI=1S/C17H19NO3S/c18-8-1-9-21-14-4-2-12(3-5-14)17(19)13-10-15-6-7-16(11-13)22(15)20/h2-5,13,15-16H,1,6-7,9-11H2. The van der Waals surface area contributed by atoms with Crippen LogP contribution in [0.5, 0.6) is 5.75 Å². The van der Waals surface area contributed by atoms with Crippen LogP contribution in [0.4, 0.5) is 0 Å². The zero-order valence-electron chi connectivity index (χ0n) is 12.4. The first kappa shape index (κ1) is 15.2. The zero-order valence-corrected chi connectivity index (χ0v) is 13.2. The summed E-state index contributed by atoms with van der Waals surface area (Å²) in [5.74, 6) is 0.856. The molecule has 3 rings (SSSR count). The summed E-state index contributed by atoms with van der Waals surface area (Å²) in [6, 6.07) is 9.16. The van der Waals surface area contributed by atoms with Gasteiger partial charge in [-0.1, -0.05) is 0 Å². The maximum Gasteiger partial charge on any atom is 0.166 e. The van der Waals surface area contributed by atoms with Crippen molar-refractivity contribution in [3.63, 3.8) is 0 Å². The van der Waals surface area contributed by atoms with Gasteiger partial charge in [0.2, 0.25) is 0 Å². The maximum absolute atomic E-state index is 12.6. The van der Waals surface area contributed by atoms with E-state index >= 15 is 0 Å². The normalized spacial score (nSPS) is 29.8. The lowest BCUT2D eigenvalue weighted by atomic mass is 9.90. The first-order chi connectivity index (χ1) is 10.7. The Morgan fingerprint density at radius 3 is 2.45 bits per heavy atom. The van der Waals surface area contributed by atoms with E-state index in [1.807, 2.05) is 6.07 Å². The lowest BCUT2D eigenvalue weighted by Crippen LogP contribution is -2.32. The van der Waals surface area contributed by atoms with Crippen molar-refractivity contribution in [3.8, 4) is 11.8 Å². The van der Waals surface area contributed by atoms with Crippen molar-refractivity contribution in [2.75, 3.05) is 6.61 Å². The number of ether oxygens (including phenoxy) is 1. The number of hydrogen-bond acceptors (Lipinski definition) is 4. The van der Waals surface area contributed by atoms with Gasteiger partial charge in [-0.25, -0.2) is 0 Å². The van der Waals surface area contributed by atoms with Gasteiger partial charge in [0.1, 0.15) is 12.4 Å². The average molecular weight is 317 g/mol. The first-order valence-corrected chi connectivity index (χ1v) is 9.00. The summed E-state index contributed by atoms with van der Waals surface area (Å²) >= 11 is 0. The van der Waals surface area contributed by atoms with Gasteiger partial charge < -0.3 is 4.74 Å². The molecule has 0 radical (unpaired) electrons. The summed E-state index contributed by atoms with van der Waals surface area (Å²) < 4.78 is 17.4. The largest absolute Gasteiger partial charge is 0.493 e. The maximum atomic E-state index is 12.6. The second-order valence-electron chi connectivity index (χ2n) is 5.96. The highest BCUT2D eigenvalue weighted by molar-refractivity contribution is 7.86. The van der Waals surface area contributed by atoms with Crippen LogP contribution in [0.2, 0.25) is 0 Å². The minimum absolute atomic E-state index is 0.0144. The smallest absolute Gasteiger partial charge is 0.166 e. The van der Waals surface area contributed by atoms with Crippen molar-refractivity contribution in [2.24, 2.45) is 5.92 Å². The van der Waals surface area contributed by atoms with Crippen molar-refractivity contribution in [1.82, 2.24) is 0 Å². The van der Waals surface area contributed by atoms with Crippen molar-refractivity contribution >= 4 is 16.6 Å². The highest BCUT2D eigenvalue weighted by Gasteiger charge is 2.42. The first-order valence-electron chi connectivity index (χ1n) is 7.72. The van der Waals surface area contributed by atoms with Crippen molar-refractivity contribution in [1.29, 1.82) is 5.26 Å². The molecule has 2 heterocycles. The number of carbonyl (C=O) groups excluding carboxylic acids is 1. The fourth-order valence-corrected chi connectivity index (χ4v) is 5.54. The zero-order chi connectivity index (χ0) is 15.5. The predicted molar refractivity (Wildman–Crippen MR) is 84.2 cm³/mol. The van der Waals surface area contributed by atoms with Gasteiger partial charge in [0.15, 0.2) is 5.78 Å². The fraction of sp³-hybridized carbons (Fsp3) is 0.529. The van der Waals surface area contributed by atoms with Crippen LogP contribution in [0.3, 0.4) is 0 Å². The molecule has 2 saturated heterocycles. The summed E-state index contributed by atoms with van der Waals surface area (Å²) in [6.07, 6.45) is 3.90.